The van der Waals surface area contributed by atoms with Crippen LogP contribution in [0.15, 0.2) is 0 Å². The lowest BCUT2D eigenvalue weighted by Crippen LogP contribution is -2.37. The molecule has 4 heteroatoms. The van der Waals surface area contributed by atoms with E-state index in [0.29, 0.717) is 11.8 Å². The van der Waals surface area contributed by atoms with Crippen LogP contribution >= 0.6 is 10.7 Å². The topological polar surface area (TPSA) is 34.1 Å². The van der Waals surface area contributed by atoms with Gasteiger partial charge in [-0.25, -0.2) is 8.42 Å². The van der Waals surface area contributed by atoms with E-state index in [1.165, 1.54) is 25.7 Å². The molecule has 2 rings (SSSR count). The molecule has 0 aromatic rings. The molecule has 0 N–H and O–H groups in total. The van der Waals surface area contributed by atoms with E-state index in [1.807, 2.05) is 0 Å². The first-order valence-corrected chi connectivity index (χ1v) is 7.90. The number of fused-ring (bicyclic) bond motifs is 1. The first kappa shape index (κ1) is 10.7. The van der Waals surface area contributed by atoms with Crippen molar-refractivity contribution in [2.24, 2.45) is 11.8 Å². The van der Waals surface area contributed by atoms with Crippen LogP contribution < -0.4 is 0 Å². The molecule has 3 unspecified atom stereocenters. The standard InChI is InChI=1S/C10H17ClO2S/c11-14(12,13)10-7-3-5-8-4-1-2-6-9(8)10/h8-10H,1-7H2. The fourth-order valence-corrected chi connectivity index (χ4v) is 5.12. The van der Waals surface area contributed by atoms with E-state index in [2.05, 4.69) is 0 Å². The van der Waals surface area contributed by atoms with Crippen LogP contribution in [-0.4, -0.2) is 13.7 Å². The maximum Gasteiger partial charge on any atom is 0.235 e. The van der Waals surface area contributed by atoms with Crippen LogP contribution in [-0.2, 0) is 9.05 Å². The summed E-state index contributed by atoms with van der Waals surface area (Å²) in [5.41, 5.74) is 0. The molecule has 2 fully saturated rings. The average molecular weight is 237 g/mol. The van der Waals surface area contributed by atoms with Crippen LogP contribution in [0.4, 0.5) is 0 Å². The molecule has 2 saturated carbocycles. The second kappa shape index (κ2) is 4.01. The van der Waals surface area contributed by atoms with E-state index in [-0.39, 0.29) is 5.25 Å². The quantitative estimate of drug-likeness (QED) is 0.656. The zero-order valence-electron chi connectivity index (χ0n) is 8.28. The molecule has 2 aliphatic rings. The van der Waals surface area contributed by atoms with Crippen LogP contribution in [0.25, 0.3) is 0 Å². The fraction of sp³-hybridized carbons (Fsp3) is 1.00. The Morgan fingerprint density at radius 3 is 2.29 bits per heavy atom. The minimum Gasteiger partial charge on any atom is -0.212 e. The number of halogens is 1. The smallest absolute Gasteiger partial charge is 0.212 e. The van der Waals surface area contributed by atoms with Gasteiger partial charge in [0.15, 0.2) is 0 Å². The number of hydrogen-bond donors (Lipinski definition) is 0. The van der Waals surface area contributed by atoms with Gasteiger partial charge in [0.2, 0.25) is 9.05 Å². The lowest BCUT2D eigenvalue weighted by atomic mass is 9.71. The first-order valence-electron chi connectivity index (χ1n) is 5.52. The third kappa shape index (κ3) is 2.08. The third-order valence-electron chi connectivity index (χ3n) is 3.87. The van der Waals surface area contributed by atoms with Crippen molar-refractivity contribution in [3.8, 4) is 0 Å². The van der Waals surface area contributed by atoms with Gasteiger partial charge in [-0.1, -0.05) is 32.1 Å². The summed E-state index contributed by atoms with van der Waals surface area (Å²) in [5, 5.41) is -0.247. The monoisotopic (exact) mass is 236 g/mol. The highest BCUT2D eigenvalue weighted by molar-refractivity contribution is 8.14. The molecule has 0 radical (unpaired) electrons. The highest BCUT2D eigenvalue weighted by Crippen LogP contribution is 2.43. The molecule has 0 heterocycles. The van der Waals surface area contributed by atoms with Gasteiger partial charge >= 0.3 is 0 Å². The van der Waals surface area contributed by atoms with Gasteiger partial charge in [0, 0.05) is 10.7 Å². The van der Waals surface area contributed by atoms with Gasteiger partial charge in [-0.2, -0.15) is 0 Å². The van der Waals surface area contributed by atoms with Crippen molar-refractivity contribution < 1.29 is 8.42 Å². The molecule has 0 amide bonds. The summed E-state index contributed by atoms with van der Waals surface area (Å²) in [6, 6.07) is 0. The summed E-state index contributed by atoms with van der Waals surface area (Å²) in [5.74, 6) is 0.996. The predicted molar refractivity (Wildman–Crippen MR) is 57.9 cm³/mol. The summed E-state index contributed by atoms with van der Waals surface area (Å²) in [4.78, 5) is 0. The van der Waals surface area contributed by atoms with Crippen molar-refractivity contribution in [1.29, 1.82) is 0 Å². The third-order valence-corrected chi connectivity index (χ3v) is 5.87. The summed E-state index contributed by atoms with van der Waals surface area (Å²) >= 11 is 0. The molecule has 2 nitrogen and oxygen atoms in total. The Labute approximate surface area is 90.4 Å². The minimum absolute atomic E-state index is 0.247. The van der Waals surface area contributed by atoms with Gasteiger partial charge in [0.25, 0.3) is 0 Å². The van der Waals surface area contributed by atoms with E-state index in [4.69, 9.17) is 10.7 Å². The molecule has 0 saturated heterocycles. The Kier molecular flexibility index (Phi) is 3.08. The molecular weight excluding hydrogens is 220 g/mol. The van der Waals surface area contributed by atoms with Crippen molar-refractivity contribution in [3.63, 3.8) is 0 Å². The molecule has 3 atom stereocenters. The van der Waals surface area contributed by atoms with Crippen LogP contribution in [0.5, 0.6) is 0 Å². The molecule has 2 aliphatic carbocycles. The van der Waals surface area contributed by atoms with E-state index in [0.717, 1.165) is 19.3 Å². The van der Waals surface area contributed by atoms with Crippen LogP contribution in [0, 0.1) is 11.8 Å². The van der Waals surface area contributed by atoms with Crippen molar-refractivity contribution >= 4 is 19.7 Å². The number of rotatable bonds is 1. The molecular formula is C10H17ClO2S. The van der Waals surface area contributed by atoms with Gasteiger partial charge in [0.05, 0.1) is 5.25 Å². The second-order valence-electron chi connectivity index (χ2n) is 4.65. The van der Waals surface area contributed by atoms with Crippen LogP contribution in [0.3, 0.4) is 0 Å². The highest BCUT2D eigenvalue weighted by atomic mass is 35.7. The Balaban J connectivity index is 2.17. The van der Waals surface area contributed by atoms with E-state index < -0.39 is 9.05 Å². The number of hydrogen-bond acceptors (Lipinski definition) is 2. The molecule has 0 spiro atoms. The highest BCUT2D eigenvalue weighted by Gasteiger charge is 2.40. The predicted octanol–water partition coefficient (Wildman–Crippen LogP) is 2.91. The molecule has 82 valence electrons. The lowest BCUT2D eigenvalue weighted by Gasteiger charge is -2.39. The summed E-state index contributed by atoms with van der Waals surface area (Å²) in [7, 11) is 2.18. The van der Waals surface area contributed by atoms with Gasteiger partial charge < -0.3 is 0 Å². The van der Waals surface area contributed by atoms with E-state index in [1.54, 1.807) is 0 Å². The van der Waals surface area contributed by atoms with Crippen molar-refractivity contribution in [1.82, 2.24) is 0 Å². The Hall–Kier alpha value is 0.240. The van der Waals surface area contributed by atoms with Crippen molar-refractivity contribution in [2.45, 2.75) is 50.2 Å². The largest absolute Gasteiger partial charge is 0.235 e. The zero-order chi connectivity index (χ0) is 10.2. The minimum atomic E-state index is -3.32. The van der Waals surface area contributed by atoms with Crippen molar-refractivity contribution in [3.05, 3.63) is 0 Å². The molecule has 14 heavy (non-hydrogen) atoms. The SMILES string of the molecule is O=S(=O)(Cl)C1CCCC2CCCCC21. The average Bonchev–Trinajstić information content (AvgIpc) is 2.15. The van der Waals surface area contributed by atoms with Crippen molar-refractivity contribution in [2.75, 3.05) is 0 Å². The second-order valence-corrected chi connectivity index (χ2v) is 7.50. The molecule has 0 aromatic heterocycles. The van der Waals surface area contributed by atoms with Gasteiger partial charge in [-0.05, 0) is 24.7 Å². The Morgan fingerprint density at radius 1 is 0.929 bits per heavy atom. The molecule has 0 aromatic carbocycles. The van der Waals surface area contributed by atoms with Crippen LogP contribution in [0.2, 0.25) is 0 Å². The van der Waals surface area contributed by atoms with Gasteiger partial charge in [-0.3, -0.25) is 0 Å². The molecule has 0 aliphatic heterocycles. The van der Waals surface area contributed by atoms with Gasteiger partial charge in [0.1, 0.15) is 0 Å². The summed E-state index contributed by atoms with van der Waals surface area (Å²) in [6.45, 7) is 0. The first-order chi connectivity index (χ1) is 6.59. The maximum absolute atomic E-state index is 11.4. The molecule has 0 bridgehead atoms. The van der Waals surface area contributed by atoms with E-state index in [9.17, 15) is 8.42 Å². The van der Waals surface area contributed by atoms with E-state index >= 15 is 0 Å². The zero-order valence-corrected chi connectivity index (χ0v) is 9.86. The van der Waals surface area contributed by atoms with Crippen LogP contribution in [0.1, 0.15) is 44.9 Å². The summed E-state index contributed by atoms with van der Waals surface area (Å²) in [6.07, 6.45) is 7.79. The Morgan fingerprint density at radius 2 is 1.57 bits per heavy atom. The fourth-order valence-electron chi connectivity index (χ4n) is 3.23. The maximum atomic E-state index is 11.4. The van der Waals surface area contributed by atoms with Gasteiger partial charge in [-0.15, -0.1) is 0 Å². The normalized spacial score (nSPS) is 39.1. The Bertz CT molecular complexity index is 297. The lowest BCUT2D eigenvalue weighted by molar-refractivity contribution is 0.175. The summed E-state index contributed by atoms with van der Waals surface area (Å²) < 4.78 is 22.8.